The van der Waals surface area contributed by atoms with E-state index in [0.29, 0.717) is 32.9 Å². The van der Waals surface area contributed by atoms with Crippen molar-refractivity contribution in [3.63, 3.8) is 0 Å². The summed E-state index contributed by atoms with van der Waals surface area (Å²) in [5.41, 5.74) is 0.360. The predicted molar refractivity (Wildman–Crippen MR) is 92.9 cm³/mol. The fourth-order valence-electron chi connectivity index (χ4n) is 2.17. The van der Waals surface area contributed by atoms with Gasteiger partial charge < -0.3 is 24.6 Å². The molecule has 0 saturated heterocycles. The summed E-state index contributed by atoms with van der Waals surface area (Å²) in [5, 5.41) is 13.2. The highest BCUT2D eigenvalue weighted by molar-refractivity contribution is 6.42. The highest BCUT2D eigenvalue weighted by Gasteiger charge is 2.15. The van der Waals surface area contributed by atoms with E-state index in [9.17, 15) is 9.90 Å². The lowest BCUT2D eigenvalue weighted by atomic mass is 10.2. The molecule has 2 aromatic rings. The summed E-state index contributed by atoms with van der Waals surface area (Å²) in [6, 6.07) is 9.69. The summed E-state index contributed by atoms with van der Waals surface area (Å²) in [4.78, 5) is 12.0. The third-order valence-electron chi connectivity index (χ3n) is 3.47. The van der Waals surface area contributed by atoms with Crippen LogP contribution < -0.4 is 19.5 Å². The van der Waals surface area contributed by atoms with Crippen molar-refractivity contribution >= 4 is 29.1 Å². The molecular formula is C17H15Cl2NO5. The van der Waals surface area contributed by atoms with Gasteiger partial charge in [0.1, 0.15) is 18.5 Å². The minimum Gasteiger partial charge on any atom is -0.491 e. The van der Waals surface area contributed by atoms with Gasteiger partial charge >= 0.3 is 0 Å². The lowest BCUT2D eigenvalue weighted by Gasteiger charge is -2.14. The maximum absolute atomic E-state index is 12.0. The number of hydrogen-bond donors (Lipinski definition) is 2. The van der Waals surface area contributed by atoms with Crippen LogP contribution in [0.5, 0.6) is 17.2 Å². The minimum absolute atomic E-state index is 0.0152. The van der Waals surface area contributed by atoms with Crippen LogP contribution in [-0.2, 0) is 0 Å². The summed E-state index contributed by atoms with van der Waals surface area (Å²) in [6.07, 6.45) is -0.878. The summed E-state index contributed by atoms with van der Waals surface area (Å²) in [7, 11) is 0. The molecule has 2 aromatic carbocycles. The number of halogens is 2. The molecule has 0 fully saturated rings. The summed E-state index contributed by atoms with van der Waals surface area (Å²) >= 11 is 11.7. The Morgan fingerprint density at radius 1 is 1.16 bits per heavy atom. The van der Waals surface area contributed by atoms with Crippen molar-refractivity contribution in [2.45, 2.75) is 6.10 Å². The van der Waals surface area contributed by atoms with Crippen molar-refractivity contribution in [1.29, 1.82) is 0 Å². The maximum atomic E-state index is 12.0. The quantitative estimate of drug-likeness (QED) is 0.801. The highest BCUT2D eigenvalue weighted by atomic mass is 35.5. The average molecular weight is 384 g/mol. The van der Waals surface area contributed by atoms with E-state index in [1.165, 1.54) is 12.1 Å². The van der Waals surface area contributed by atoms with Gasteiger partial charge in [-0.2, -0.15) is 0 Å². The molecule has 0 bridgehead atoms. The molecule has 6 nitrogen and oxygen atoms in total. The molecule has 1 unspecified atom stereocenters. The van der Waals surface area contributed by atoms with Crippen molar-refractivity contribution in [3.05, 3.63) is 52.0 Å². The zero-order valence-electron chi connectivity index (χ0n) is 13.0. The second-order valence-corrected chi connectivity index (χ2v) is 6.13. The van der Waals surface area contributed by atoms with Crippen LogP contribution in [0.25, 0.3) is 0 Å². The Morgan fingerprint density at radius 2 is 1.96 bits per heavy atom. The molecule has 1 atom stereocenters. The molecule has 0 radical (unpaired) electrons. The second kappa shape index (κ2) is 7.82. The normalized spacial score (nSPS) is 13.4. The number of aliphatic hydroxyl groups is 1. The molecule has 25 heavy (non-hydrogen) atoms. The summed E-state index contributed by atoms with van der Waals surface area (Å²) in [6.45, 7) is 0.229. The number of amides is 1. The van der Waals surface area contributed by atoms with Crippen LogP contribution in [-0.4, -0.2) is 37.1 Å². The SMILES string of the molecule is O=C(NCC(O)COc1ccc2c(c1)OCO2)c1ccc(Cl)c(Cl)c1. The lowest BCUT2D eigenvalue weighted by molar-refractivity contribution is 0.0843. The molecule has 1 aliphatic rings. The maximum Gasteiger partial charge on any atom is 0.251 e. The molecule has 2 N–H and O–H groups in total. The standard InChI is InChI=1S/C17H15Cl2NO5/c18-13-3-1-10(5-14(13)19)17(22)20-7-11(21)8-23-12-2-4-15-16(6-12)25-9-24-15/h1-6,11,21H,7-9H2,(H,20,22). The fourth-order valence-corrected chi connectivity index (χ4v) is 2.47. The number of rotatable bonds is 6. The van der Waals surface area contributed by atoms with E-state index in [-0.39, 0.29) is 25.9 Å². The largest absolute Gasteiger partial charge is 0.491 e. The fraction of sp³-hybridized carbons (Fsp3) is 0.235. The van der Waals surface area contributed by atoms with Gasteiger partial charge in [-0.25, -0.2) is 0 Å². The number of carbonyl (C=O) groups excluding carboxylic acids is 1. The van der Waals surface area contributed by atoms with Gasteiger partial charge in [-0.3, -0.25) is 4.79 Å². The molecule has 1 aliphatic heterocycles. The monoisotopic (exact) mass is 383 g/mol. The van der Waals surface area contributed by atoms with Crippen LogP contribution in [0.15, 0.2) is 36.4 Å². The average Bonchev–Trinajstić information content (AvgIpc) is 3.08. The van der Waals surface area contributed by atoms with Crippen molar-refractivity contribution in [3.8, 4) is 17.2 Å². The van der Waals surface area contributed by atoms with Crippen LogP contribution >= 0.6 is 23.2 Å². The van der Waals surface area contributed by atoms with E-state index in [0.717, 1.165) is 0 Å². The highest BCUT2D eigenvalue weighted by Crippen LogP contribution is 2.35. The number of ether oxygens (including phenoxy) is 3. The summed E-state index contributed by atoms with van der Waals surface area (Å²) < 4.78 is 15.9. The third kappa shape index (κ3) is 4.48. The van der Waals surface area contributed by atoms with Gasteiger partial charge in [0, 0.05) is 18.2 Å². The molecule has 0 saturated carbocycles. The molecule has 0 aliphatic carbocycles. The molecule has 8 heteroatoms. The first kappa shape index (κ1) is 17.7. The molecule has 132 valence electrons. The number of benzene rings is 2. The van der Waals surface area contributed by atoms with Crippen molar-refractivity contribution in [2.75, 3.05) is 19.9 Å². The Labute approximate surface area is 154 Å². The lowest BCUT2D eigenvalue weighted by Crippen LogP contribution is -2.35. The molecule has 1 heterocycles. The Morgan fingerprint density at radius 3 is 2.76 bits per heavy atom. The number of carbonyl (C=O) groups is 1. The van der Waals surface area contributed by atoms with Gasteiger partial charge in [0.15, 0.2) is 11.5 Å². The zero-order valence-corrected chi connectivity index (χ0v) is 14.5. The number of fused-ring (bicyclic) bond motifs is 1. The molecule has 0 spiro atoms. The topological polar surface area (TPSA) is 77.0 Å². The smallest absolute Gasteiger partial charge is 0.251 e. The Bertz CT molecular complexity index is 784. The van der Waals surface area contributed by atoms with E-state index in [1.54, 1.807) is 24.3 Å². The van der Waals surface area contributed by atoms with Crippen molar-refractivity contribution < 1.29 is 24.1 Å². The van der Waals surface area contributed by atoms with Gasteiger partial charge in [-0.05, 0) is 30.3 Å². The van der Waals surface area contributed by atoms with E-state index < -0.39 is 6.10 Å². The van der Waals surface area contributed by atoms with Crippen LogP contribution in [0.2, 0.25) is 10.0 Å². The molecular weight excluding hydrogens is 369 g/mol. The summed E-state index contributed by atoms with van der Waals surface area (Å²) in [5.74, 6) is 1.43. The van der Waals surface area contributed by atoms with Gasteiger partial charge in [0.25, 0.3) is 5.91 Å². The predicted octanol–water partition coefficient (Wildman–Crippen LogP) is 2.89. The molecule has 3 rings (SSSR count). The van der Waals surface area contributed by atoms with Crippen LogP contribution in [0.4, 0.5) is 0 Å². The van der Waals surface area contributed by atoms with Crippen molar-refractivity contribution in [1.82, 2.24) is 5.32 Å². The Kier molecular flexibility index (Phi) is 5.53. The number of nitrogens with one attached hydrogen (secondary N) is 1. The zero-order chi connectivity index (χ0) is 17.8. The number of aliphatic hydroxyl groups excluding tert-OH is 1. The van der Waals surface area contributed by atoms with Crippen LogP contribution in [0, 0.1) is 0 Å². The van der Waals surface area contributed by atoms with E-state index in [1.807, 2.05) is 0 Å². The van der Waals surface area contributed by atoms with Gasteiger partial charge in [0.2, 0.25) is 6.79 Å². The minimum atomic E-state index is -0.878. The van der Waals surface area contributed by atoms with Crippen LogP contribution in [0.1, 0.15) is 10.4 Å². The van der Waals surface area contributed by atoms with Crippen molar-refractivity contribution in [2.24, 2.45) is 0 Å². The van der Waals surface area contributed by atoms with Gasteiger partial charge in [-0.15, -0.1) is 0 Å². The Balaban J connectivity index is 1.47. The third-order valence-corrected chi connectivity index (χ3v) is 4.21. The van der Waals surface area contributed by atoms with Crippen LogP contribution in [0.3, 0.4) is 0 Å². The first-order valence-corrected chi connectivity index (χ1v) is 8.22. The van der Waals surface area contributed by atoms with Gasteiger partial charge in [0.05, 0.1) is 10.0 Å². The van der Waals surface area contributed by atoms with E-state index in [4.69, 9.17) is 37.4 Å². The first-order valence-electron chi connectivity index (χ1n) is 7.46. The van der Waals surface area contributed by atoms with E-state index in [2.05, 4.69) is 5.32 Å². The Hall–Kier alpha value is -2.15. The first-order chi connectivity index (χ1) is 12.0. The number of hydrogen-bond acceptors (Lipinski definition) is 5. The van der Waals surface area contributed by atoms with E-state index >= 15 is 0 Å². The molecule has 0 aromatic heterocycles. The second-order valence-electron chi connectivity index (χ2n) is 5.32. The van der Waals surface area contributed by atoms with Gasteiger partial charge in [-0.1, -0.05) is 23.2 Å². The molecule has 1 amide bonds.